The normalized spacial score (nSPS) is 32.9. The molecule has 0 aromatic carbocycles. The van der Waals surface area contributed by atoms with Crippen LogP contribution in [0.1, 0.15) is 40.5 Å². The summed E-state index contributed by atoms with van der Waals surface area (Å²) < 4.78 is 5.20. The lowest BCUT2D eigenvalue weighted by Gasteiger charge is -2.57. The van der Waals surface area contributed by atoms with Gasteiger partial charge in [0.05, 0.1) is 19.3 Å². The number of rotatable bonds is 2. The summed E-state index contributed by atoms with van der Waals surface area (Å²) in [7, 11) is 3.87. The van der Waals surface area contributed by atoms with Crippen LogP contribution in [0.15, 0.2) is 0 Å². The fourth-order valence-electron chi connectivity index (χ4n) is 4.32. The zero-order chi connectivity index (χ0) is 16.5. The summed E-state index contributed by atoms with van der Waals surface area (Å²) >= 11 is 0. The van der Waals surface area contributed by atoms with Gasteiger partial charge >= 0.3 is 6.03 Å². The fraction of sp³-hybridized carbons (Fsp3) is 0.875. The molecule has 0 aliphatic carbocycles. The number of carbonyl (C=O) groups excluding carboxylic acids is 2. The lowest BCUT2D eigenvalue weighted by Crippen LogP contribution is -2.68. The first-order valence-electron chi connectivity index (χ1n) is 7.97. The van der Waals surface area contributed by atoms with Crippen molar-refractivity contribution >= 4 is 11.9 Å². The molecule has 6 nitrogen and oxygen atoms in total. The molecule has 0 N–H and O–H groups in total. The van der Waals surface area contributed by atoms with E-state index < -0.39 is 5.54 Å². The number of imide groups is 1. The Labute approximate surface area is 132 Å². The van der Waals surface area contributed by atoms with E-state index in [0.717, 1.165) is 0 Å². The van der Waals surface area contributed by atoms with Crippen molar-refractivity contribution in [3.63, 3.8) is 0 Å². The average molecular weight is 309 g/mol. The zero-order valence-corrected chi connectivity index (χ0v) is 14.5. The number of epoxide rings is 1. The van der Waals surface area contributed by atoms with Crippen molar-refractivity contribution in [2.24, 2.45) is 0 Å². The van der Waals surface area contributed by atoms with Gasteiger partial charge in [0.15, 0.2) is 0 Å². The Morgan fingerprint density at radius 2 is 1.59 bits per heavy atom. The number of nitrogens with zero attached hydrogens (tertiary/aromatic N) is 3. The van der Waals surface area contributed by atoms with Crippen molar-refractivity contribution in [3.05, 3.63) is 0 Å². The minimum absolute atomic E-state index is 0.0312. The summed E-state index contributed by atoms with van der Waals surface area (Å²) in [5, 5.41) is 0. The number of hydrogen-bond donors (Lipinski definition) is 0. The van der Waals surface area contributed by atoms with Crippen LogP contribution in [-0.2, 0) is 9.53 Å². The van der Waals surface area contributed by atoms with Gasteiger partial charge in [0, 0.05) is 18.1 Å². The lowest BCUT2D eigenvalue weighted by molar-refractivity contribution is -0.144. The molecule has 1 atom stereocenters. The molecule has 3 amide bonds. The quantitative estimate of drug-likeness (QED) is 0.570. The fourth-order valence-corrected chi connectivity index (χ4v) is 4.32. The Morgan fingerprint density at radius 1 is 1.09 bits per heavy atom. The molecule has 22 heavy (non-hydrogen) atoms. The van der Waals surface area contributed by atoms with Crippen molar-refractivity contribution in [2.75, 3.05) is 27.2 Å². The second-order valence-corrected chi connectivity index (χ2v) is 8.28. The van der Waals surface area contributed by atoms with Crippen molar-refractivity contribution in [2.45, 2.75) is 63.3 Å². The van der Waals surface area contributed by atoms with Gasteiger partial charge in [-0.15, -0.1) is 0 Å². The van der Waals surface area contributed by atoms with Gasteiger partial charge in [-0.3, -0.25) is 14.6 Å². The number of ether oxygens (including phenoxy) is 1. The van der Waals surface area contributed by atoms with Crippen molar-refractivity contribution in [1.82, 2.24) is 14.7 Å². The highest BCUT2D eigenvalue weighted by Crippen LogP contribution is 2.48. The molecule has 1 spiro atoms. The van der Waals surface area contributed by atoms with Crippen LogP contribution >= 0.6 is 0 Å². The second-order valence-electron chi connectivity index (χ2n) is 8.28. The molecule has 3 fully saturated rings. The van der Waals surface area contributed by atoms with Gasteiger partial charge in [0.2, 0.25) is 0 Å². The van der Waals surface area contributed by atoms with Gasteiger partial charge in [-0.25, -0.2) is 4.79 Å². The maximum Gasteiger partial charge on any atom is 0.327 e. The number of piperidine rings is 1. The first-order chi connectivity index (χ1) is 10.0. The van der Waals surface area contributed by atoms with E-state index in [2.05, 4.69) is 39.6 Å². The summed E-state index contributed by atoms with van der Waals surface area (Å²) in [5.41, 5.74) is -1.04. The number of carbonyl (C=O) groups is 2. The van der Waals surface area contributed by atoms with E-state index in [1.165, 1.54) is 4.90 Å². The Bertz CT molecular complexity index is 507. The van der Waals surface area contributed by atoms with Gasteiger partial charge < -0.3 is 9.64 Å². The molecule has 0 radical (unpaired) electrons. The molecule has 3 rings (SSSR count). The van der Waals surface area contributed by atoms with Crippen molar-refractivity contribution in [1.29, 1.82) is 0 Å². The summed E-state index contributed by atoms with van der Waals surface area (Å²) in [6.07, 6.45) is 1.34. The molecule has 3 aliphatic heterocycles. The van der Waals surface area contributed by atoms with E-state index >= 15 is 0 Å². The number of amides is 3. The Kier molecular flexibility index (Phi) is 3.18. The SMILES string of the molecule is CN1C(C)(C)CC2(CC1(C)C)C(=O)N(CC1CO1)C(=O)N2C. The van der Waals surface area contributed by atoms with Gasteiger partial charge in [-0.2, -0.15) is 0 Å². The highest BCUT2D eigenvalue weighted by Gasteiger charge is 2.63. The first-order valence-corrected chi connectivity index (χ1v) is 7.97. The van der Waals surface area contributed by atoms with E-state index in [1.54, 1.807) is 11.9 Å². The summed E-state index contributed by atoms with van der Waals surface area (Å²) in [5.74, 6) is -0.0512. The lowest BCUT2D eigenvalue weighted by atomic mass is 9.68. The molecule has 124 valence electrons. The maximum absolute atomic E-state index is 13.1. The van der Waals surface area contributed by atoms with Crippen molar-refractivity contribution < 1.29 is 14.3 Å². The highest BCUT2D eigenvalue weighted by atomic mass is 16.6. The van der Waals surface area contributed by atoms with Crippen LogP contribution in [0, 0.1) is 0 Å². The van der Waals surface area contributed by atoms with Gasteiger partial charge in [0.25, 0.3) is 5.91 Å². The van der Waals surface area contributed by atoms with Crippen LogP contribution in [0.4, 0.5) is 4.79 Å². The number of likely N-dealkylation sites (tertiary alicyclic amines) is 1. The average Bonchev–Trinajstić information content (AvgIpc) is 3.20. The number of urea groups is 1. The molecule has 3 saturated heterocycles. The van der Waals surface area contributed by atoms with Crippen LogP contribution < -0.4 is 0 Å². The minimum Gasteiger partial charge on any atom is -0.371 e. The molecule has 3 heterocycles. The first kappa shape index (κ1) is 15.7. The van der Waals surface area contributed by atoms with Crippen LogP contribution in [0.5, 0.6) is 0 Å². The Morgan fingerprint density at radius 3 is 2.05 bits per heavy atom. The monoisotopic (exact) mass is 309 g/mol. The van der Waals surface area contributed by atoms with Crippen LogP contribution in [0.3, 0.4) is 0 Å². The van der Waals surface area contributed by atoms with Gasteiger partial charge in [-0.05, 0) is 47.6 Å². The number of likely N-dealkylation sites (N-methyl/N-ethyl adjacent to an activating group) is 1. The summed E-state index contributed by atoms with van der Waals surface area (Å²) in [6.45, 7) is 9.62. The third-order valence-electron chi connectivity index (χ3n) is 5.86. The molecule has 0 saturated carbocycles. The minimum atomic E-state index is -0.731. The standard InChI is InChI=1S/C16H27N3O3/c1-14(2)9-16(10-15(3,4)18(14)6)12(20)19(7-11-8-22-11)13(21)17(16)5/h11H,7-10H2,1-6H3. The van der Waals surface area contributed by atoms with E-state index in [4.69, 9.17) is 4.74 Å². The molecule has 6 heteroatoms. The molecule has 1 unspecified atom stereocenters. The zero-order valence-electron chi connectivity index (χ0n) is 14.5. The summed E-state index contributed by atoms with van der Waals surface area (Å²) in [4.78, 5) is 31.2. The van der Waals surface area contributed by atoms with Crippen LogP contribution in [-0.4, -0.2) is 76.6 Å². The van der Waals surface area contributed by atoms with Gasteiger partial charge in [0.1, 0.15) is 5.54 Å². The van der Waals surface area contributed by atoms with E-state index in [1.807, 2.05) is 0 Å². The second kappa shape index (κ2) is 4.45. The Balaban J connectivity index is 1.97. The molecule has 0 aromatic heterocycles. The third kappa shape index (κ3) is 2.07. The third-order valence-corrected chi connectivity index (χ3v) is 5.86. The topological polar surface area (TPSA) is 56.4 Å². The predicted molar refractivity (Wildman–Crippen MR) is 82.5 cm³/mol. The maximum atomic E-state index is 13.1. The molecular weight excluding hydrogens is 282 g/mol. The molecule has 3 aliphatic rings. The van der Waals surface area contributed by atoms with Crippen LogP contribution in [0.25, 0.3) is 0 Å². The van der Waals surface area contributed by atoms with Gasteiger partial charge in [-0.1, -0.05) is 0 Å². The highest BCUT2D eigenvalue weighted by molar-refractivity contribution is 6.07. The number of hydrogen-bond acceptors (Lipinski definition) is 4. The van der Waals surface area contributed by atoms with Crippen molar-refractivity contribution in [3.8, 4) is 0 Å². The predicted octanol–water partition coefficient (Wildman–Crippen LogP) is 1.30. The smallest absolute Gasteiger partial charge is 0.327 e. The largest absolute Gasteiger partial charge is 0.371 e. The van der Waals surface area contributed by atoms with Crippen LogP contribution in [0.2, 0.25) is 0 Å². The summed E-state index contributed by atoms with van der Waals surface area (Å²) in [6, 6.07) is -0.184. The molecule has 0 aromatic rings. The molecule has 0 bridgehead atoms. The molecular formula is C16H27N3O3. The van der Waals surface area contributed by atoms with E-state index in [9.17, 15) is 9.59 Å². The van der Waals surface area contributed by atoms with E-state index in [0.29, 0.717) is 26.0 Å². The van der Waals surface area contributed by atoms with E-state index in [-0.39, 0.29) is 29.1 Å². The Hall–Kier alpha value is -1.14.